The van der Waals surface area contributed by atoms with Crippen LogP contribution in [0.2, 0.25) is 0 Å². The van der Waals surface area contributed by atoms with Crippen molar-refractivity contribution in [2.75, 3.05) is 0 Å². The maximum atomic E-state index is 6.51. The topological polar surface area (TPSA) is 18.5 Å². The second-order valence-electron chi connectivity index (χ2n) is 8.89. The molecule has 0 amide bonds. The van der Waals surface area contributed by atoms with Crippen LogP contribution in [0, 0.1) is 5.92 Å². The molecule has 2 aliphatic heterocycles. The highest BCUT2D eigenvalue weighted by molar-refractivity contribution is 5.72. The molecule has 2 bridgehead atoms. The van der Waals surface area contributed by atoms with Gasteiger partial charge in [-0.3, -0.25) is 0 Å². The van der Waals surface area contributed by atoms with Crippen molar-refractivity contribution < 1.29 is 9.47 Å². The van der Waals surface area contributed by atoms with Crippen molar-refractivity contribution >= 4 is 12.2 Å². The quantitative estimate of drug-likeness (QED) is 0.615. The minimum Gasteiger partial charge on any atom is -0.487 e. The van der Waals surface area contributed by atoms with Gasteiger partial charge in [0.25, 0.3) is 0 Å². The first kappa shape index (κ1) is 16.0. The van der Waals surface area contributed by atoms with Crippen LogP contribution in [0.3, 0.4) is 0 Å². The van der Waals surface area contributed by atoms with E-state index in [1.165, 1.54) is 17.5 Å². The molecule has 3 unspecified atom stereocenters. The molecule has 1 saturated carbocycles. The largest absolute Gasteiger partial charge is 0.487 e. The fourth-order valence-electron chi connectivity index (χ4n) is 5.23. The highest BCUT2D eigenvalue weighted by Crippen LogP contribution is 2.60. The molecule has 0 N–H and O–H groups in total. The molecule has 2 heteroatoms. The Hall–Kier alpha value is -2.22. The standard InChI is InChI=1S/C24H26O2/c1-23(2)19-11-12-24(3)15-18(19)22-20(25-23)13-17(14-21(22)26-24)10-9-16-7-5-4-6-8-16/h4-10,13-14,18-19H,11-12,15H2,1-3H3/b10-9+. The molecule has 0 aromatic heterocycles. The molecular weight excluding hydrogens is 320 g/mol. The van der Waals surface area contributed by atoms with Crippen molar-refractivity contribution in [2.45, 2.75) is 57.2 Å². The van der Waals surface area contributed by atoms with E-state index >= 15 is 0 Å². The van der Waals surface area contributed by atoms with Crippen molar-refractivity contribution in [3.8, 4) is 11.5 Å². The Morgan fingerprint density at radius 1 is 0.923 bits per heavy atom. The van der Waals surface area contributed by atoms with Gasteiger partial charge < -0.3 is 9.47 Å². The zero-order valence-corrected chi connectivity index (χ0v) is 15.8. The molecule has 5 rings (SSSR count). The third-order valence-corrected chi connectivity index (χ3v) is 6.51. The van der Waals surface area contributed by atoms with Gasteiger partial charge in [0.1, 0.15) is 22.7 Å². The normalized spacial score (nSPS) is 30.6. The highest BCUT2D eigenvalue weighted by atomic mass is 16.5. The van der Waals surface area contributed by atoms with Crippen LogP contribution in [-0.2, 0) is 0 Å². The van der Waals surface area contributed by atoms with E-state index in [2.05, 4.69) is 69.3 Å². The van der Waals surface area contributed by atoms with E-state index in [9.17, 15) is 0 Å². The van der Waals surface area contributed by atoms with Crippen LogP contribution in [0.5, 0.6) is 11.5 Å². The number of rotatable bonds is 2. The van der Waals surface area contributed by atoms with Gasteiger partial charge in [-0.2, -0.15) is 0 Å². The molecule has 2 nitrogen and oxygen atoms in total. The Bertz CT molecular complexity index is 863. The van der Waals surface area contributed by atoms with Gasteiger partial charge in [-0.15, -0.1) is 0 Å². The van der Waals surface area contributed by atoms with Crippen molar-refractivity contribution in [2.24, 2.45) is 5.92 Å². The first-order chi connectivity index (χ1) is 12.4. The number of hydrogen-bond acceptors (Lipinski definition) is 2. The molecule has 3 atom stereocenters. The number of fused-ring (bicyclic) bond motifs is 1. The molecule has 1 aliphatic carbocycles. The Morgan fingerprint density at radius 3 is 2.38 bits per heavy atom. The third-order valence-electron chi connectivity index (χ3n) is 6.51. The molecule has 0 spiro atoms. The Morgan fingerprint density at radius 2 is 1.62 bits per heavy atom. The molecule has 2 aromatic rings. The predicted molar refractivity (Wildman–Crippen MR) is 106 cm³/mol. The zero-order valence-electron chi connectivity index (χ0n) is 15.8. The summed E-state index contributed by atoms with van der Waals surface area (Å²) in [6, 6.07) is 14.8. The predicted octanol–water partition coefficient (Wildman–Crippen LogP) is 6.06. The second kappa shape index (κ2) is 5.39. The average Bonchev–Trinajstić information content (AvgIpc) is 2.59. The molecule has 0 saturated heterocycles. The summed E-state index contributed by atoms with van der Waals surface area (Å²) in [5.74, 6) is 3.19. The SMILES string of the molecule is CC12CCC3C(C1)c1c(cc(/C=C/c4ccccc4)cc1OC3(C)C)O2. The van der Waals surface area contributed by atoms with Gasteiger partial charge in [0.05, 0.1) is 0 Å². The lowest BCUT2D eigenvalue weighted by molar-refractivity contribution is -0.0727. The van der Waals surface area contributed by atoms with E-state index in [1.807, 2.05) is 6.07 Å². The maximum Gasteiger partial charge on any atom is 0.127 e. The van der Waals surface area contributed by atoms with Gasteiger partial charge >= 0.3 is 0 Å². The van der Waals surface area contributed by atoms with E-state index in [4.69, 9.17) is 9.47 Å². The second-order valence-corrected chi connectivity index (χ2v) is 8.89. The van der Waals surface area contributed by atoms with Crippen LogP contribution in [0.15, 0.2) is 42.5 Å². The first-order valence-electron chi connectivity index (χ1n) is 9.73. The van der Waals surface area contributed by atoms with E-state index in [0.29, 0.717) is 11.8 Å². The van der Waals surface area contributed by atoms with Gasteiger partial charge in [-0.25, -0.2) is 0 Å². The van der Waals surface area contributed by atoms with Gasteiger partial charge in [-0.05, 0) is 63.3 Å². The van der Waals surface area contributed by atoms with Crippen LogP contribution in [-0.4, -0.2) is 11.2 Å². The smallest absolute Gasteiger partial charge is 0.127 e. The lowest BCUT2D eigenvalue weighted by atomic mass is 9.61. The lowest BCUT2D eigenvalue weighted by Crippen LogP contribution is -2.53. The molecular formula is C24H26O2. The third kappa shape index (κ3) is 2.46. The minimum atomic E-state index is -0.116. The van der Waals surface area contributed by atoms with E-state index in [-0.39, 0.29) is 11.2 Å². The van der Waals surface area contributed by atoms with Gasteiger partial charge in [0.15, 0.2) is 0 Å². The molecule has 0 radical (unpaired) electrons. The van der Waals surface area contributed by atoms with Crippen LogP contribution >= 0.6 is 0 Å². The fraction of sp³-hybridized carbons (Fsp3) is 0.417. The van der Waals surface area contributed by atoms with Crippen LogP contribution < -0.4 is 9.47 Å². The maximum absolute atomic E-state index is 6.51. The van der Waals surface area contributed by atoms with Crippen LogP contribution in [0.4, 0.5) is 0 Å². The van der Waals surface area contributed by atoms with Gasteiger partial charge in [0.2, 0.25) is 0 Å². The molecule has 26 heavy (non-hydrogen) atoms. The minimum absolute atomic E-state index is 0.0272. The number of ether oxygens (including phenoxy) is 2. The summed E-state index contributed by atoms with van der Waals surface area (Å²) in [4.78, 5) is 0. The molecule has 1 fully saturated rings. The monoisotopic (exact) mass is 346 g/mol. The first-order valence-corrected chi connectivity index (χ1v) is 9.73. The van der Waals surface area contributed by atoms with Gasteiger partial charge in [0, 0.05) is 17.4 Å². The molecule has 2 aromatic carbocycles. The number of benzene rings is 2. The Balaban J connectivity index is 1.60. The fourth-order valence-corrected chi connectivity index (χ4v) is 5.23. The van der Waals surface area contributed by atoms with Crippen molar-refractivity contribution in [1.82, 2.24) is 0 Å². The molecule has 134 valence electrons. The number of hydrogen-bond donors (Lipinski definition) is 0. The summed E-state index contributed by atoms with van der Waals surface area (Å²) in [6.45, 7) is 6.79. The van der Waals surface area contributed by atoms with E-state index in [1.54, 1.807) is 0 Å². The Kier molecular flexibility index (Phi) is 3.31. The molecule has 3 aliphatic rings. The summed E-state index contributed by atoms with van der Waals surface area (Å²) in [5.41, 5.74) is 3.50. The summed E-state index contributed by atoms with van der Waals surface area (Å²) >= 11 is 0. The van der Waals surface area contributed by atoms with Crippen LogP contribution in [0.1, 0.15) is 62.6 Å². The van der Waals surface area contributed by atoms with E-state index < -0.39 is 0 Å². The van der Waals surface area contributed by atoms with Crippen molar-refractivity contribution in [1.29, 1.82) is 0 Å². The highest BCUT2D eigenvalue weighted by Gasteiger charge is 2.54. The lowest BCUT2D eigenvalue weighted by Gasteiger charge is -2.55. The van der Waals surface area contributed by atoms with Crippen molar-refractivity contribution in [3.63, 3.8) is 0 Å². The average molecular weight is 346 g/mol. The van der Waals surface area contributed by atoms with Crippen LogP contribution in [0.25, 0.3) is 12.2 Å². The van der Waals surface area contributed by atoms with Gasteiger partial charge in [-0.1, -0.05) is 42.5 Å². The van der Waals surface area contributed by atoms with E-state index in [0.717, 1.165) is 29.9 Å². The summed E-state index contributed by atoms with van der Waals surface area (Å²) in [6.07, 6.45) is 7.72. The summed E-state index contributed by atoms with van der Waals surface area (Å²) in [5, 5.41) is 0. The molecule has 2 heterocycles. The summed E-state index contributed by atoms with van der Waals surface area (Å²) in [7, 11) is 0. The zero-order chi connectivity index (χ0) is 17.9. The summed E-state index contributed by atoms with van der Waals surface area (Å²) < 4.78 is 13.0. The Labute approximate surface area is 155 Å². The van der Waals surface area contributed by atoms with Crippen molar-refractivity contribution in [3.05, 3.63) is 59.2 Å².